The number of nitrogens with two attached hydrogens (primary N) is 1. The minimum absolute atomic E-state index is 0. The van der Waals surface area contributed by atoms with E-state index in [-0.39, 0.29) is 30.1 Å². The molecule has 0 radical (unpaired) electrons. The normalized spacial score (nSPS) is 16.6. The van der Waals surface area contributed by atoms with Crippen molar-refractivity contribution >= 4 is 24.2 Å². The molecule has 1 heterocycles. The molecule has 0 aliphatic carbocycles. The van der Waals surface area contributed by atoms with E-state index in [1.165, 1.54) is 0 Å². The highest BCUT2D eigenvalue weighted by atomic mass is 35.5. The van der Waals surface area contributed by atoms with Gasteiger partial charge in [0.05, 0.1) is 6.04 Å². The van der Waals surface area contributed by atoms with E-state index >= 15 is 0 Å². The van der Waals surface area contributed by atoms with Crippen molar-refractivity contribution in [3.05, 3.63) is 0 Å². The summed E-state index contributed by atoms with van der Waals surface area (Å²) in [6.45, 7) is 7.29. The Labute approximate surface area is 145 Å². The van der Waals surface area contributed by atoms with Gasteiger partial charge in [-0.15, -0.1) is 12.4 Å². The van der Waals surface area contributed by atoms with Crippen molar-refractivity contribution in [3.63, 3.8) is 0 Å². The van der Waals surface area contributed by atoms with Gasteiger partial charge in [0.15, 0.2) is 0 Å². The number of likely N-dealkylation sites (tertiary alicyclic amines) is 1. The first-order chi connectivity index (χ1) is 10.6. The topological polar surface area (TPSA) is 84.7 Å². The van der Waals surface area contributed by atoms with Gasteiger partial charge in [-0.05, 0) is 32.6 Å². The fourth-order valence-corrected chi connectivity index (χ4v) is 2.71. The Morgan fingerprint density at radius 2 is 1.96 bits per heavy atom. The predicted molar refractivity (Wildman–Crippen MR) is 93.6 cm³/mol. The minimum Gasteiger partial charge on any atom is -0.382 e. The molecule has 1 aliphatic rings. The summed E-state index contributed by atoms with van der Waals surface area (Å²) < 4.78 is 5.24. The van der Waals surface area contributed by atoms with Crippen LogP contribution in [0.3, 0.4) is 0 Å². The van der Waals surface area contributed by atoms with Crippen LogP contribution in [0.2, 0.25) is 0 Å². The van der Waals surface area contributed by atoms with Crippen LogP contribution in [0.25, 0.3) is 0 Å². The van der Waals surface area contributed by atoms with Gasteiger partial charge in [0.25, 0.3) is 0 Å². The molecule has 0 saturated carbocycles. The van der Waals surface area contributed by atoms with Crippen molar-refractivity contribution in [3.8, 4) is 0 Å². The lowest BCUT2D eigenvalue weighted by molar-refractivity contribution is -0.136. The van der Waals surface area contributed by atoms with E-state index < -0.39 is 6.04 Å². The molecule has 136 valence electrons. The SMILES string of the molecule is CCCC(N)C(=O)N1CCC(C(=O)NCCCOCC)CC1.Cl. The van der Waals surface area contributed by atoms with E-state index in [0.717, 1.165) is 32.1 Å². The Kier molecular flexibility index (Phi) is 12.1. The summed E-state index contributed by atoms with van der Waals surface area (Å²) in [6.07, 6.45) is 3.92. The fourth-order valence-electron chi connectivity index (χ4n) is 2.71. The highest BCUT2D eigenvalue weighted by Gasteiger charge is 2.28. The molecule has 1 atom stereocenters. The number of hydrogen-bond donors (Lipinski definition) is 2. The molecule has 7 heteroatoms. The van der Waals surface area contributed by atoms with Crippen LogP contribution in [0, 0.1) is 5.92 Å². The van der Waals surface area contributed by atoms with Crippen LogP contribution in [0.4, 0.5) is 0 Å². The third-order valence-electron chi connectivity index (χ3n) is 4.06. The van der Waals surface area contributed by atoms with Crippen molar-refractivity contribution in [2.75, 3.05) is 32.8 Å². The van der Waals surface area contributed by atoms with E-state index in [4.69, 9.17) is 10.5 Å². The lowest BCUT2D eigenvalue weighted by Crippen LogP contribution is -2.48. The quantitative estimate of drug-likeness (QED) is 0.615. The summed E-state index contributed by atoms with van der Waals surface area (Å²) in [6, 6.07) is -0.394. The molecule has 0 aromatic carbocycles. The number of nitrogens with zero attached hydrogens (tertiary/aromatic N) is 1. The van der Waals surface area contributed by atoms with Crippen LogP contribution in [0.1, 0.15) is 46.0 Å². The largest absolute Gasteiger partial charge is 0.382 e. The Bertz CT molecular complexity index is 347. The average Bonchev–Trinajstić information content (AvgIpc) is 2.54. The average molecular weight is 350 g/mol. The summed E-state index contributed by atoms with van der Waals surface area (Å²) in [5.41, 5.74) is 5.88. The van der Waals surface area contributed by atoms with Gasteiger partial charge in [0.2, 0.25) is 11.8 Å². The first-order valence-corrected chi connectivity index (χ1v) is 8.49. The second kappa shape index (κ2) is 12.6. The van der Waals surface area contributed by atoms with Crippen molar-refractivity contribution < 1.29 is 14.3 Å². The number of piperidine rings is 1. The van der Waals surface area contributed by atoms with E-state index in [2.05, 4.69) is 5.32 Å². The molecular formula is C16H32ClN3O3. The first-order valence-electron chi connectivity index (χ1n) is 8.49. The second-order valence-electron chi connectivity index (χ2n) is 5.84. The summed E-state index contributed by atoms with van der Waals surface area (Å²) in [4.78, 5) is 26.0. The van der Waals surface area contributed by atoms with Gasteiger partial charge < -0.3 is 20.7 Å². The first kappa shape index (κ1) is 22.1. The Balaban J connectivity index is 0.00000484. The Morgan fingerprint density at radius 3 is 2.52 bits per heavy atom. The number of rotatable bonds is 9. The lowest BCUT2D eigenvalue weighted by atomic mass is 9.95. The maximum Gasteiger partial charge on any atom is 0.239 e. The van der Waals surface area contributed by atoms with Crippen LogP contribution in [0.15, 0.2) is 0 Å². The smallest absolute Gasteiger partial charge is 0.239 e. The zero-order valence-electron chi connectivity index (χ0n) is 14.4. The number of amides is 2. The molecule has 0 aromatic heterocycles. The standard InChI is InChI=1S/C16H31N3O3.ClH/c1-3-6-14(17)16(21)19-10-7-13(8-11-19)15(20)18-9-5-12-22-4-2;/h13-14H,3-12,17H2,1-2H3,(H,18,20);1H. The van der Waals surface area contributed by atoms with Crippen LogP contribution in [0.5, 0.6) is 0 Å². The van der Waals surface area contributed by atoms with Crippen molar-refractivity contribution in [1.82, 2.24) is 10.2 Å². The summed E-state index contributed by atoms with van der Waals surface area (Å²) in [5, 5.41) is 2.95. The molecule has 1 fully saturated rings. The van der Waals surface area contributed by atoms with Gasteiger partial charge in [-0.25, -0.2) is 0 Å². The monoisotopic (exact) mass is 349 g/mol. The molecule has 2 amide bonds. The van der Waals surface area contributed by atoms with E-state index in [1.54, 1.807) is 4.90 Å². The van der Waals surface area contributed by atoms with Gasteiger partial charge in [0.1, 0.15) is 0 Å². The molecule has 0 aromatic rings. The highest BCUT2D eigenvalue weighted by Crippen LogP contribution is 2.18. The zero-order valence-corrected chi connectivity index (χ0v) is 15.2. The third-order valence-corrected chi connectivity index (χ3v) is 4.06. The molecule has 3 N–H and O–H groups in total. The number of carbonyl (C=O) groups excluding carboxylic acids is 2. The predicted octanol–water partition coefficient (Wildman–Crippen LogP) is 1.32. The number of hydrogen-bond acceptors (Lipinski definition) is 4. The number of carbonyl (C=O) groups is 2. The maximum atomic E-state index is 12.1. The summed E-state index contributed by atoms with van der Waals surface area (Å²) in [7, 11) is 0. The fraction of sp³-hybridized carbons (Fsp3) is 0.875. The van der Waals surface area contributed by atoms with Crippen molar-refractivity contribution in [2.24, 2.45) is 11.7 Å². The molecule has 1 rings (SSSR count). The van der Waals surface area contributed by atoms with E-state index in [1.807, 2.05) is 13.8 Å². The molecule has 6 nitrogen and oxygen atoms in total. The minimum atomic E-state index is -0.394. The van der Waals surface area contributed by atoms with E-state index in [9.17, 15) is 9.59 Å². The van der Waals surface area contributed by atoms with Crippen LogP contribution in [-0.2, 0) is 14.3 Å². The van der Waals surface area contributed by atoms with Crippen LogP contribution in [-0.4, -0.2) is 55.6 Å². The lowest BCUT2D eigenvalue weighted by Gasteiger charge is -2.33. The summed E-state index contributed by atoms with van der Waals surface area (Å²) >= 11 is 0. The van der Waals surface area contributed by atoms with Gasteiger partial charge in [-0.1, -0.05) is 13.3 Å². The molecule has 0 spiro atoms. The molecule has 1 saturated heterocycles. The highest BCUT2D eigenvalue weighted by molar-refractivity contribution is 5.85. The number of nitrogens with one attached hydrogen (secondary N) is 1. The maximum absolute atomic E-state index is 12.1. The molecule has 0 bridgehead atoms. The van der Waals surface area contributed by atoms with Gasteiger partial charge >= 0.3 is 0 Å². The number of ether oxygens (including phenoxy) is 1. The molecule has 23 heavy (non-hydrogen) atoms. The van der Waals surface area contributed by atoms with Crippen molar-refractivity contribution in [1.29, 1.82) is 0 Å². The van der Waals surface area contributed by atoms with Crippen LogP contribution < -0.4 is 11.1 Å². The van der Waals surface area contributed by atoms with Gasteiger partial charge in [0, 0.05) is 38.8 Å². The van der Waals surface area contributed by atoms with Crippen molar-refractivity contribution in [2.45, 2.75) is 52.0 Å². The van der Waals surface area contributed by atoms with E-state index in [0.29, 0.717) is 32.8 Å². The molecular weight excluding hydrogens is 318 g/mol. The van der Waals surface area contributed by atoms with Crippen LogP contribution >= 0.6 is 12.4 Å². The number of halogens is 1. The Morgan fingerprint density at radius 1 is 1.30 bits per heavy atom. The zero-order chi connectivity index (χ0) is 16.4. The third kappa shape index (κ3) is 7.99. The molecule has 1 unspecified atom stereocenters. The Hall–Kier alpha value is -0.850. The van der Waals surface area contributed by atoms with Gasteiger partial charge in [-0.2, -0.15) is 0 Å². The summed E-state index contributed by atoms with van der Waals surface area (Å²) in [5.74, 6) is 0.136. The second-order valence-corrected chi connectivity index (χ2v) is 5.84. The van der Waals surface area contributed by atoms with Gasteiger partial charge in [-0.3, -0.25) is 9.59 Å². The molecule has 1 aliphatic heterocycles.